The summed E-state index contributed by atoms with van der Waals surface area (Å²) in [6.07, 6.45) is 2.38. The van der Waals surface area contributed by atoms with E-state index in [9.17, 15) is 0 Å². The lowest BCUT2D eigenvalue weighted by Crippen LogP contribution is -2.21. The van der Waals surface area contributed by atoms with E-state index in [0.717, 1.165) is 29.1 Å². The van der Waals surface area contributed by atoms with Gasteiger partial charge in [0, 0.05) is 13.2 Å². The Hall–Kier alpha value is -0.580. The third-order valence-corrected chi connectivity index (χ3v) is 4.01. The molecule has 0 fully saturated rings. The first kappa shape index (κ1) is 18.5. The molecule has 1 aromatic carbocycles. The molecule has 0 spiro atoms. The van der Waals surface area contributed by atoms with Crippen molar-refractivity contribution < 1.29 is 9.47 Å². The van der Waals surface area contributed by atoms with Gasteiger partial charge in [0.25, 0.3) is 0 Å². The SMILES string of the molecule is CCNC(CCC(C)C)c1ccc(OCCOC)c(Br)c1. The molecule has 0 saturated carbocycles. The molecule has 21 heavy (non-hydrogen) atoms. The van der Waals surface area contributed by atoms with Crippen LogP contribution in [0.2, 0.25) is 0 Å². The minimum atomic E-state index is 0.404. The Bertz CT molecular complexity index is 410. The van der Waals surface area contributed by atoms with Crippen LogP contribution in [0.5, 0.6) is 5.75 Å². The largest absolute Gasteiger partial charge is 0.490 e. The van der Waals surface area contributed by atoms with Crippen LogP contribution in [-0.2, 0) is 4.74 Å². The normalized spacial score (nSPS) is 12.7. The second-order valence-electron chi connectivity index (χ2n) is 5.61. The number of halogens is 1. The summed E-state index contributed by atoms with van der Waals surface area (Å²) in [5, 5.41) is 3.57. The molecule has 3 nitrogen and oxygen atoms in total. The van der Waals surface area contributed by atoms with E-state index in [1.165, 1.54) is 12.0 Å². The summed E-state index contributed by atoms with van der Waals surface area (Å²) in [5.41, 5.74) is 1.31. The molecule has 0 amide bonds. The molecule has 0 saturated heterocycles. The molecule has 4 heteroatoms. The van der Waals surface area contributed by atoms with Gasteiger partial charge in [0.2, 0.25) is 0 Å². The molecule has 0 aliphatic rings. The van der Waals surface area contributed by atoms with Gasteiger partial charge in [0.1, 0.15) is 12.4 Å². The summed E-state index contributed by atoms with van der Waals surface area (Å²) in [6.45, 7) is 8.84. The third-order valence-electron chi connectivity index (χ3n) is 3.39. The van der Waals surface area contributed by atoms with E-state index in [1.54, 1.807) is 7.11 Å². The van der Waals surface area contributed by atoms with Gasteiger partial charge in [-0.25, -0.2) is 0 Å². The topological polar surface area (TPSA) is 30.5 Å². The molecule has 0 aromatic heterocycles. The fourth-order valence-corrected chi connectivity index (χ4v) is 2.73. The molecule has 1 aromatic rings. The summed E-state index contributed by atoms with van der Waals surface area (Å²) in [4.78, 5) is 0. The van der Waals surface area contributed by atoms with Gasteiger partial charge in [-0.1, -0.05) is 26.8 Å². The molecule has 1 atom stereocenters. The number of hydrogen-bond donors (Lipinski definition) is 1. The van der Waals surface area contributed by atoms with Crippen LogP contribution in [0.25, 0.3) is 0 Å². The zero-order chi connectivity index (χ0) is 15.7. The highest BCUT2D eigenvalue weighted by Gasteiger charge is 2.13. The zero-order valence-corrected chi connectivity index (χ0v) is 15.2. The lowest BCUT2D eigenvalue weighted by atomic mass is 9.97. The number of methoxy groups -OCH3 is 1. The fourth-order valence-electron chi connectivity index (χ4n) is 2.22. The predicted molar refractivity (Wildman–Crippen MR) is 92.0 cm³/mol. The lowest BCUT2D eigenvalue weighted by molar-refractivity contribution is 0.146. The van der Waals surface area contributed by atoms with E-state index in [-0.39, 0.29) is 0 Å². The Labute approximate surface area is 137 Å². The first-order valence-corrected chi connectivity index (χ1v) is 8.52. The highest BCUT2D eigenvalue weighted by atomic mass is 79.9. The zero-order valence-electron chi connectivity index (χ0n) is 13.6. The van der Waals surface area contributed by atoms with E-state index in [1.807, 2.05) is 6.07 Å². The van der Waals surface area contributed by atoms with Crippen LogP contribution < -0.4 is 10.1 Å². The monoisotopic (exact) mass is 357 g/mol. The van der Waals surface area contributed by atoms with Crippen molar-refractivity contribution in [3.8, 4) is 5.75 Å². The average Bonchev–Trinajstić information content (AvgIpc) is 2.45. The standard InChI is InChI=1S/C17H28BrNO2/c1-5-19-16(8-6-13(2)3)14-7-9-17(15(18)12-14)21-11-10-20-4/h7,9,12-13,16,19H,5-6,8,10-11H2,1-4H3. The predicted octanol–water partition coefficient (Wildman–Crippen LogP) is 4.56. The van der Waals surface area contributed by atoms with Crippen LogP contribution >= 0.6 is 15.9 Å². The van der Waals surface area contributed by atoms with Crippen LogP contribution in [-0.4, -0.2) is 26.9 Å². The molecule has 0 aliphatic heterocycles. The van der Waals surface area contributed by atoms with Gasteiger partial charge in [0.05, 0.1) is 11.1 Å². The Morgan fingerprint density at radius 3 is 2.52 bits per heavy atom. The van der Waals surface area contributed by atoms with E-state index in [2.05, 4.69) is 54.2 Å². The minimum absolute atomic E-state index is 0.404. The summed E-state index contributed by atoms with van der Waals surface area (Å²) >= 11 is 3.61. The molecule has 0 bridgehead atoms. The maximum Gasteiger partial charge on any atom is 0.133 e. The van der Waals surface area contributed by atoms with Crippen LogP contribution in [0.1, 0.15) is 45.2 Å². The van der Waals surface area contributed by atoms with Gasteiger partial charge in [-0.05, 0) is 58.9 Å². The van der Waals surface area contributed by atoms with Crippen LogP contribution in [0.4, 0.5) is 0 Å². The molecule has 1 unspecified atom stereocenters. The van der Waals surface area contributed by atoms with Crippen molar-refractivity contribution in [3.63, 3.8) is 0 Å². The van der Waals surface area contributed by atoms with Crippen molar-refractivity contribution in [2.75, 3.05) is 26.9 Å². The van der Waals surface area contributed by atoms with E-state index < -0.39 is 0 Å². The minimum Gasteiger partial charge on any atom is -0.490 e. The summed E-state index contributed by atoms with van der Waals surface area (Å²) in [6, 6.07) is 6.76. The molecule has 1 rings (SSSR count). The molecule has 1 N–H and O–H groups in total. The Morgan fingerprint density at radius 1 is 1.19 bits per heavy atom. The van der Waals surface area contributed by atoms with Gasteiger partial charge in [-0.15, -0.1) is 0 Å². The first-order chi connectivity index (χ1) is 10.1. The van der Waals surface area contributed by atoms with Crippen molar-refractivity contribution in [2.24, 2.45) is 5.92 Å². The molecule has 120 valence electrons. The number of benzene rings is 1. The van der Waals surface area contributed by atoms with Crippen LogP contribution in [0.15, 0.2) is 22.7 Å². The fraction of sp³-hybridized carbons (Fsp3) is 0.647. The first-order valence-electron chi connectivity index (χ1n) is 7.73. The second kappa shape index (κ2) is 10.2. The van der Waals surface area contributed by atoms with E-state index >= 15 is 0 Å². The lowest BCUT2D eigenvalue weighted by Gasteiger charge is -2.20. The van der Waals surface area contributed by atoms with Gasteiger partial charge >= 0.3 is 0 Å². The maximum atomic E-state index is 5.68. The molecular weight excluding hydrogens is 330 g/mol. The molecule has 0 heterocycles. The van der Waals surface area contributed by atoms with Crippen molar-refractivity contribution >= 4 is 15.9 Å². The van der Waals surface area contributed by atoms with Gasteiger partial charge in [-0.2, -0.15) is 0 Å². The quantitative estimate of drug-likeness (QED) is 0.622. The van der Waals surface area contributed by atoms with Crippen molar-refractivity contribution in [3.05, 3.63) is 28.2 Å². The Kier molecular flexibility index (Phi) is 8.97. The second-order valence-corrected chi connectivity index (χ2v) is 6.47. The average molecular weight is 358 g/mol. The maximum absolute atomic E-state index is 5.68. The summed E-state index contributed by atoms with van der Waals surface area (Å²) < 4.78 is 11.7. The molecule has 0 aliphatic carbocycles. The van der Waals surface area contributed by atoms with Gasteiger partial charge in [0.15, 0.2) is 0 Å². The Morgan fingerprint density at radius 2 is 1.95 bits per heavy atom. The summed E-state index contributed by atoms with van der Waals surface area (Å²) in [5.74, 6) is 1.60. The highest BCUT2D eigenvalue weighted by Crippen LogP contribution is 2.30. The Balaban J connectivity index is 2.72. The number of ether oxygens (including phenoxy) is 2. The van der Waals surface area contributed by atoms with E-state index in [0.29, 0.717) is 19.3 Å². The smallest absolute Gasteiger partial charge is 0.133 e. The third kappa shape index (κ3) is 6.81. The van der Waals surface area contributed by atoms with Crippen LogP contribution in [0.3, 0.4) is 0 Å². The number of rotatable bonds is 10. The van der Waals surface area contributed by atoms with E-state index in [4.69, 9.17) is 9.47 Å². The van der Waals surface area contributed by atoms with Crippen molar-refractivity contribution in [1.29, 1.82) is 0 Å². The van der Waals surface area contributed by atoms with Crippen molar-refractivity contribution in [1.82, 2.24) is 5.32 Å². The van der Waals surface area contributed by atoms with Gasteiger partial charge < -0.3 is 14.8 Å². The van der Waals surface area contributed by atoms with Crippen molar-refractivity contribution in [2.45, 2.75) is 39.7 Å². The van der Waals surface area contributed by atoms with Gasteiger partial charge in [-0.3, -0.25) is 0 Å². The summed E-state index contributed by atoms with van der Waals surface area (Å²) in [7, 11) is 1.68. The number of hydrogen-bond acceptors (Lipinski definition) is 3. The van der Waals surface area contributed by atoms with Crippen LogP contribution in [0, 0.1) is 5.92 Å². The molecule has 0 radical (unpaired) electrons. The highest BCUT2D eigenvalue weighted by molar-refractivity contribution is 9.10. The molecular formula is C17H28BrNO2. The number of nitrogens with one attached hydrogen (secondary N) is 1.